The number of rotatable bonds is 5. The fourth-order valence-corrected chi connectivity index (χ4v) is 4.40. The summed E-state index contributed by atoms with van der Waals surface area (Å²) in [6, 6.07) is 6.62. The van der Waals surface area contributed by atoms with Crippen LogP contribution in [0, 0.1) is 5.82 Å². The third kappa shape index (κ3) is 4.68. The molecule has 1 amide bonds. The fraction of sp³-hybridized carbons (Fsp3) is 0.667. The average Bonchev–Trinajstić information content (AvgIpc) is 2.69. The maximum Gasteiger partial charge on any atom is 0.244 e. The fourth-order valence-electron chi connectivity index (χ4n) is 4.40. The summed E-state index contributed by atoms with van der Waals surface area (Å²) in [5.74, 6) is -0.299. The van der Waals surface area contributed by atoms with Crippen molar-refractivity contribution >= 4 is 5.91 Å². The first-order valence-corrected chi connectivity index (χ1v) is 10.2. The maximum absolute atomic E-state index is 14.3. The molecule has 0 radical (unpaired) electrons. The number of likely N-dealkylation sites (N-methyl/N-ethyl adjacent to an activating group) is 2. The summed E-state index contributed by atoms with van der Waals surface area (Å²) in [4.78, 5) is 22.0. The molecule has 0 aromatic heterocycles. The van der Waals surface area contributed by atoms with Crippen molar-refractivity contribution < 1.29 is 9.18 Å². The standard InChI is InChI=1S/C21H33FN4O/c1-4-24-13-15-25(16-14-24)17-9-11-26(12-10-17)21(27)20(23(2)3)18-7-5-6-8-19(18)22/h5-8,17,20H,4,9-16H2,1-3H3/t20-/m1/s1. The van der Waals surface area contributed by atoms with Crippen LogP contribution in [0.1, 0.15) is 31.4 Å². The zero-order chi connectivity index (χ0) is 19.4. The van der Waals surface area contributed by atoms with Crippen LogP contribution >= 0.6 is 0 Å². The second-order valence-electron chi connectivity index (χ2n) is 7.91. The number of carbonyl (C=O) groups excluding carboxylic acids is 1. The molecule has 2 aliphatic rings. The lowest BCUT2D eigenvalue weighted by molar-refractivity contribution is -0.138. The molecule has 1 atom stereocenters. The highest BCUT2D eigenvalue weighted by molar-refractivity contribution is 5.83. The molecule has 1 aromatic rings. The predicted molar refractivity (Wildman–Crippen MR) is 106 cm³/mol. The van der Waals surface area contributed by atoms with E-state index in [1.54, 1.807) is 18.2 Å². The summed E-state index contributed by atoms with van der Waals surface area (Å²) in [5.41, 5.74) is 0.463. The summed E-state index contributed by atoms with van der Waals surface area (Å²) in [5, 5.41) is 0. The minimum absolute atomic E-state index is 0.0133. The highest BCUT2D eigenvalue weighted by atomic mass is 19.1. The molecule has 2 heterocycles. The molecule has 0 N–H and O–H groups in total. The molecule has 0 unspecified atom stereocenters. The topological polar surface area (TPSA) is 30.0 Å². The Morgan fingerprint density at radius 3 is 2.30 bits per heavy atom. The van der Waals surface area contributed by atoms with E-state index in [2.05, 4.69) is 16.7 Å². The number of piperazine rings is 1. The van der Waals surface area contributed by atoms with E-state index in [0.717, 1.165) is 58.7 Å². The number of piperidine rings is 1. The van der Waals surface area contributed by atoms with Gasteiger partial charge in [0.1, 0.15) is 11.9 Å². The smallest absolute Gasteiger partial charge is 0.244 e. The molecule has 5 nitrogen and oxygen atoms in total. The summed E-state index contributed by atoms with van der Waals surface area (Å²) in [7, 11) is 3.68. The molecule has 0 saturated carbocycles. The van der Waals surface area contributed by atoms with Gasteiger partial charge in [0.25, 0.3) is 0 Å². The van der Waals surface area contributed by atoms with Crippen LogP contribution in [0.15, 0.2) is 24.3 Å². The lowest BCUT2D eigenvalue weighted by atomic mass is 9.99. The second-order valence-corrected chi connectivity index (χ2v) is 7.91. The van der Waals surface area contributed by atoms with Crippen molar-refractivity contribution in [1.82, 2.24) is 19.6 Å². The molecule has 6 heteroatoms. The van der Waals surface area contributed by atoms with E-state index in [4.69, 9.17) is 0 Å². The van der Waals surface area contributed by atoms with Crippen LogP contribution in [0.2, 0.25) is 0 Å². The van der Waals surface area contributed by atoms with Crippen LogP contribution in [-0.2, 0) is 4.79 Å². The molecule has 2 aliphatic heterocycles. The summed E-state index contributed by atoms with van der Waals surface area (Å²) in [6.07, 6.45) is 2.02. The van der Waals surface area contributed by atoms with Gasteiger partial charge in [-0.25, -0.2) is 4.39 Å². The first-order chi connectivity index (χ1) is 13.0. The molecule has 2 fully saturated rings. The van der Waals surface area contributed by atoms with Gasteiger partial charge in [-0.3, -0.25) is 14.6 Å². The number of hydrogen-bond donors (Lipinski definition) is 0. The van der Waals surface area contributed by atoms with E-state index in [1.165, 1.54) is 6.07 Å². The van der Waals surface area contributed by atoms with Crippen LogP contribution in [0.25, 0.3) is 0 Å². The third-order valence-electron chi connectivity index (χ3n) is 6.10. The number of carbonyl (C=O) groups is 1. The lowest BCUT2D eigenvalue weighted by Gasteiger charge is -2.43. The number of benzene rings is 1. The molecule has 150 valence electrons. The third-order valence-corrected chi connectivity index (χ3v) is 6.10. The van der Waals surface area contributed by atoms with Crippen LogP contribution in [0.4, 0.5) is 4.39 Å². The Kier molecular flexibility index (Phi) is 6.84. The van der Waals surface area contributed by atoms with Crippen molar-refractivity contribution in [2.45, 2.75) is 31.8 Å². The van der Waals surface area contributed by atoms with E-state index >= 15 is 0 Å². The van der Waals surface area contributed by atoms with Crippen molar-refractivity contribution in [3.63, 3.8) is 0 Å². The van der Waals surface area contributed by atoms with E-state index < -0.39 is 6.04 Å². The lowest BCUT2D eigenvalue weighted by Crippen LogP contribution is -2.54. The van der Waals surface area contributed by atoms with E-state index in [-0.39, 0.29) is 11.7 Å². The number of amides is 1. The first-order valence-electron chi connectivity index (χ1n) is 10.2. The monoisotopic (exact) mass is 376 g/mol. The predicted octanol–water partition coefficient (Wildman–Crippen LogP) is 2.06. The van der Waals surface area contributed by atoms with E-state index in [0.29, 0.717) is 11.6 Å². The summed E-state index contributed by atoms with van der Waals surface area (Å²) >= 11 is 0. The Labute approximate surface area is 162 Å². The second kappa shape index (κ2) is 9.13. The van der Waals surface area contributed by atoms with Crippen LogP contribution in [0.5, 0.6) is 0 Å². The molecule has 0 spiro atoms. The summed E-state index contributed by atoms with van der Waals surface area (Å²) in [6.45, 7) is 9.41. The van der Waals surface area contributed by atoms with Crippen molar-refractivity contribution in [3.8, 4) is 0 Å². The minimum atomic E-state index is -0.559. The average molecular weight is 377 g/mol. The molecule has 2 saturated heterocycles. The van der Waals surface area contributed by atoms with Gasteiger partial charge in [0.2, 0.25) is 5.91 Å². The van der Waals surface area contributed by atoms with Gasteiger partial charge < -0.3 is 9.80 Å². The highest BCUT2D eigenvalue weighted by Crippen LogP contribution is 2.26. The van der Waals surface area contributed by atoms with Crippen LogP contribution in [-0.4, -0.2) is 91.5 Å². The van der Waals surface area contributed by atoms with Gasteiger partial charge in [0, 0.05) is 50.9 Å². The Hall–Kier alpha value is -1.50. The van der Waals surface area contributed by atoms with E-state index in [1.807, 2.05) is 23.9 Å². The van der Waals surface area contributed by atoms with Gasteiger partial charge in [0.15, 0.2) is 0 Å². The van der Waals surface area contributed by atoms with Crippen molar-refractivity contribution in [1.29, 1.82) is 0 Å². The normalized spacial score (nSPS) is 21.6. The molecule has 0 bridgehead atoms. The molecule has 0 aliphatic carbocycles. The molecular formula is C21H33FN4O. The molecular weight excluding hydrogens is 343 g/mol. The Morgan fingerprint density at radius 2 is 1.74 bits per heavy atom. The zero-order valence-electron chi connectivity index (χ0n) is 16.9. The van der Waals surface area contributed by atoms with E-state index in [9.17, 15) is 9.18 Å². The van der Waals surface area contributed by atoms with Crippen LogP contribution < -0.4 is 0 Å². The number of nitrogens with zero attached hydrogens (tertiary/aromatic N) is 4. The zero-order valence-corrected chi connectivity index (χ0v) is 16.9. The maximum atomic E-state index is 14.3. The van der Waals surface area contributed by atoms with Crippen molar-refractivity contribution in [2.75, 3.05) is 59.9 Å². The van der Waals surface area contributed by atoms with Gasteiger partial charge in [-0.1, -0.05) is 25.1 Å². The number of halogens is 1. The van der Waals surface area contributed by atoms with Gasteiger partial charge in [-0.05, 0) is 39.5 Å². The van der Waals surface area contributed by atoms with Crippen LogP contribution in [0.3, 0.4) is 0 Å². The molecule has 3 rings (SSSR count). The number of hydrogen-bond acceptors (Lipinski definition) is 4. The van der Waals surface area contributed by atoms with Gasteiger partial charge in [-0.15, -0.1) is 0 Å². The van der Waals surface area contributed by atoms with Gasteiger partial charge in [-0.2, -0.15) is 0 Å². The SMILES string of the molecule is CCN1CCN(C2CCN(C(=O)[C@@H](c3ccccc3F)N(C)C)CC2)CC1. The molecule has 27 heavy (non-hydrogen) atoms. The highest BCUT2D eigenvalue weighted by Gasteiger charge is 2.34. The van der Waals surface area contributed by atoms with Gasteiger partial charge in [0.05, 0.1) is 0 Å². The minimum Gasteiger partial charge on any atom is -0.341 e. The van der Waals surface area contributed by atoms with Gasteiger partial charge >= 0.3 is 0 Å². The molecule has 1 aromatic carbocycles. The Balaban J connectivity index is 1.59. The quantitative estimate of drug-likeness (QED) is 0.787. The number of likely N-dealkylation sites (tertiary alicyclic amines) is 1. The summed E-state index contributed by atoms with van der Waals surface area (Å²) < 4.78 is 14.3. The van der Waals surface area contributed by atoms with Crippen molar-refractivity contribution in [2.24, 2.45) is 0 Å². The Morgan fingerprint density at radius 1 is 1.11 bits per heavy atom. The largest absolute Gasteiger partial charge is 0.341 e. The Bertz CT molecular complexity index is 622. The van der Waals surface area contributed by atoms with Crippen molar-refractivity contribution in [3.05, 3.63) is 35.6 Å². The first kappa shape index (κ1) is 20.2.